The van der Waals surface area contributed by atoms with E-state index in [-0.39, 0.29) is 10.6 Å². The number of nitro groups is 1. The van der Waals surface area contributed by atoms with Crippen LogP contribution in [0.4, 0.5) is 11.4 Å². The zero-order chi connectivity index (χ0) is 14.8. The molecule has 20 heavy (non-hydrogen) atoms. The van der Waals surface area contributed by atoms with E-state index in [0.717, 1.165) is 31.2 Å². The minimum atomic E-state index is -0.349. The first kappa shape index (κ1) is 16.4. The molecule has 0 aromatic heterocycles. The normalized spacial score (nSPS) is 10.5. The van der Waals surface area contributed by atoms with Gasteiger partial charge in [0.05, 0.1) is 11.5 Å². The summed E-state index contributed by atoms with van der Waals surface area (Å²) in [7, 11) is 0. The lowest BCUT2D eigenvalue weighted by atomic mass is 10.1. The van der Waals surface area contributed by atoms with Crippen LogP contribution in [0.15, 0.2) is 18.2 Å². The van der Waals surface area contributed by atoms with Gasteiger partial charge in [0.15, 0.2) is 0 Å². The number of nitro benzene ring substituents is 1. The predicted molar refractivity (Wildman–Crippen MR) is 81.1 cm³/mol. The standard InChI is InChI=1S/C15H24N2O3/c1-3-5-6-11-20-12-13-8-7-9-14(17(18)19)15(13)16-10-4-2/h7-9,16H,3-6,10-12H2,1-2H3. The van der Waals surface area contributed by atoms with Crippen molar-refractivity contribution in [1.29, 1.82) is 0 Å². The van der Waals surface area contributed by atoms with Crippen molar-refractivity contribution >= 4 is 11.4 Å². The number of hydrogen-bond donors (Lipinski definition) is 1. The minimum absolute atomic E-state index is 0.119. The van der Waals surface area contributed by atoms with E-state index in [1.54, 1.807) is 6.07 Å². The molecule has 0 amide bonds. The maximum atomic E-state index is 11.1. The van der Waals surface area contributed by atoms with E-state index < -0.39 is 0 Å². The highest BCUT2D eigenvalue weighted by atomic mass is 16.6. The van der Waals surface area contributed by atoms with E-state index in [1.807, 2.05) is 13.0 Å². The van der Waals surface area contributed by atoms with Crippen LogP contribution in [0.5, 0.6) is 0 Å². The Kier molecular flexibility index (Phi) is 7.65. The van der Waals surface area contributed by atoms with Crippen LogP contribution in [-0.2, 0) is 11.3 Å². The Morgan fingerprint density at radius 2 is 2.05 bits per heavy atom. The van der Waals surface area contributed by atoms with E-state index >= 15 is 0 Å². The Morgan fingerprint density at radius 1 is 1.25 bits per heavy atom. The molecule has 0 atom stereocenters. The lowest BCUT2D eigenvalue weighted by Gasteiger charge is -2.12. The Labute approximate surface area is 120 Å². The van der Waals surface area contributed by atoms with Gasteiger partial charge in [-0.2, -0.15) is 0 Å². The van der Waals surface area contributed by atoms with Crippen molar-refractivity contribution in [2.24, 2.45) is 0 Å². The Bertz CT molecular complexity index is 422. The largest absolute Gasteiger partial charge is 0.379 e. The topological polar surface area (TPSA) is 64.4 Å². The van der Waals surface area contributed by atoms with Crippen LogP contribution in [0.2, 0.25) is 0 Å². The average Bonchev–Trinajstić information content (AvgIpc) is 2.45. The van der Waals surface area contributed by atoms with Gasteiger partial charge in [-0.05, 0) is 12.8 Å². The van der Waals surface area contributed by atoms with Crippen molar-refractivity contribution in [2.45, 2.75) is 46.1 Å². The van der Waals surface area contributed by atoms with Gasteiger partial charge in [0, 0.05) is 24.8 Å². The molecule has 1 rings (SSSR count). The first-order valence-electron chi connectivity index (χ1n) is 7.28. The summed E-state index contributed by atoms with van der Waals surface area (Å²) in [6.45, 7) is 6.00. The van der Waals surface area contributed by atoms with Crippen molar-refractivity contribution in [3.8, 4) is 0 Å². The fraction of sp³-hybridized carbons (Fsp3) is 0.600. The van der Waals surface area contributed by atoms with Crippen LogP contribution in [0, 0.1) is 10.1 Å². The second kappa shape index (κ2) is 9.31. The van der Waals surface area contributed by atoms with Gasteiger partial charge < -0.3 is 10.1 Å². The highest BCUT2D eigenvalue weighted by Gasteiger charge is 2.16. The zero-order valence-corrected chi connectivity index (χ0v) is 12.4. The van der Waals surface area contributed by atoms with Crippen molar-refractivity contribution < 1.29 is 9.66 Å². The van der Waals surface area contributed by atoms with Gasteiger partial charge >= 0.3 is 0 Å². The van der Waals surface area contributed by atoms with Crippen LogP contribution in [0.25, 0.3) is 0 Å². The van der Waals surface area contributed by atoms with Crippen LogP contribution in [0.1, 0.15) is 45.1 Å². The van der Waals surface area contributed by atoms with Crippen LogP contribution < -0.4 is 5.32 Å². The fourth-order valence-electron chi connectivity index (χ4n) is 1.95. The molecule has 0 unspecified atom stereocenters. The number of para-hydroxylation sites is 1. The van der Waals surface area contributed by atoms with Gasteiger partial charge in [-0.25, -0.2) is 0 Å². The van der Waals surface area contributed by atoms with Gasteiger partial charge in [-0.1, -0.05) is 38.8 Å². The monoisotopic (exact) mass is 280 g/mol. The summed E-state index contributed by atoms with van der Waals surface area (Å²) in [6.07, 6.45) is 4.26. The highest BCUT2D eigenvalue weighted by Crippen LogP contribution is 2.28. The molecule has 0 bridgehead atoms. The molecular formula is C15H24N2O3. The molecule has 1 N–H and O–H groups in total. The summed E-state index contributed by atoms with van der Waals surface area (Å²) in [4.78, 5) is 10.7. The van der Waals surface area contributed by atoms with Gasteiger partial charge in [-0.15, -0.1) is 0 Å². The Morgan fingerprint density at radius 3 is 2.70 bits per heavy atom. The molecule has 5 nitrogen and oxygen atoms in total. The predicted octanol–water partition coefficient (Wildman–Crippen LogP) is 4.12. The van der Waals surface area contributed by atoms with Gasteiger partial charge in [-0.3, -0.25) is 10.1 Å². The minimum Gasteiger partial charge on any atom is -0.379 e. The zero-order valence-electron chi connectivity index (χ0n) is 12.4. The number of unbranched alkanes of at least 4 members (excludes halogenated alkanes) is 2. The number of nitrogens with zero attached hydrogens (tertiary/aromatic N) is 1. The summed E-state index contributed by atoms with van der Waals surface area (Å²) in [5.41, 5.74) is 1.56. The third-order valence-electron chi connectivity index (χ3n) is 3.03. The molecular weight excluding hydrogens is 256 g/mol. The first-order valence-corrected chi connectivity index (χ1v) is 7.28. The molecule has 0 aliphatic carbocycles. The van der Waals surface area contributed by atoms with E-state index in [9.17, 15) is 10.1 Å². The fourth-order valence-corrected chi connectivity index (χ4v) is 1.95. The smallest absolute Gasteiger partial charge is 0.292 e. The van der Waals surface area contributed by atoms with Crippen molar-refractivity contribution in [3.05, 3.63) is 33.9 Å². The van der Waals surface area contributed by atoms with Crippen molar-refractivity contribution in [1.82, 2.24) is 0 Å². The number of rotatable bonds is 10. The average molecular weight is 280 g/mol. The second-order valence-corrected chi connectivity index (χ2v) is 4.75. The number of hydrogen-bond acceptors (Lipinski definition) is 4. The number of benzene rings is 1. The van der Waals surface area contributed by atoms with Crippen molar-refractivity contribution in [3.63, 3.8) is 0 Å². The van der Waals surface area contributed by atoms with E-state index in [2.05, 4.69) is 12.2 Å². The molecule has 0 aliphatic rings. The summed E-state index contributed by atoms with van der Waals surface area (Å²) >= 11 is 0. The molecule has 1 aromatic rings. The maximum Gasteiger partial charge on any atom is 0.292 e. The SMILES string of the molecule is CCCCCOCc1cccc([N+](=O)[O-])c1NCCC. The first-order chi connectivity index (χ1) is 9.70. The lowest BCUT2D eigenvalue weighted by molar-refractivity contribution is -0.384. The number of nitrogens with one attached hydrogen (secondary N) is 1. The third-order valence-corrected chi connectivity index (χ3v) is 3.03. The molecule has 0 radical (unpaired) electrons. The van der Waals surface area contributed by atoms with Crippen LogP contribution in [0.3, 0.4) is 0 Å². The van der Waals surface area contributed by atoms with Crippen LogP contribution >= 0.6 is 0 Å². The highest BCUT2D eigenvalue weighted by molar-refractivity contribution is 5.66. The van der Waals surface area contributed by atoms with Gasteiger partial charge in [0.2, 0.25) is 0 Å². The molecule has 5 heteroatoms. The third kappa shape index (κ3) is 5.17. The Hall–Kier alpha value is -1.62. The number of anilines is 1. The summed E-state index contributed by atoms with van der Waals surface area (Å²) < 4.78 is 5.61. The molecule has 1 aromatic carbocycles. The second-order valence-electron chi connectivity index (χ2n) is 4.75. The summed E-state index contributed by atoms with van der Waals surface area (Å²) in [5.74, 6) is 0. The van der Waals surface area contributed by atoms with Crippen LogP contribution in [-0.4, -0.2) is 18.1 Å². The number of ether oxygens (including phenoxy) is 1. The van der Waals surface area contributed by atoms with Crippen molar-refractivity contribution in [2.75, 3.05) is 18.5 Å². The van der Waals surface area contributed by atoms with Gasteiger partial charge in [0.25, 0.3) is 5.69 Å². The summed E-state index contributed by atoms with van der Waals surface area (Å²) in [5, 5.41) is 14.2. The molecule has 0 aliphatic heterocycles. The van der Waals surface area contributed by atoms with E-state index in [4.69, 9.17) is 4.74 Å². The van der Waals surface area contributed by atoms with E-state index in [0.29, 0.717) is 25.4 Å². The molecule has 0 heterocycles. The Balaban J connectivity index is 2.72. The maximum absolute atomic E-state index is 11.1. The quantitative estimate of drug-likeness (QED) is 0.398. The molecule has 0 spiro atoms. The molecule has 0 saturated carbocycles. The molecule has 0 saturated heterocycles. The van der Waals surface area contributed by atoms with Gasteiger partial charge in [0.1, 0.15) is 5.69 Å². The molecule has 0 fully saturated rings. The van der Waals surface area contributed by atoms with E-state index in [1.165, 1.54) is 6.07 Å². The lowest BCUT2D eigenvalue weighted by Crippen LogP contribution is -2.07. The molecule has 112 valence electrons. The summed E-state index contributed by atoms with van der Waals surface area (Å²) in [6, 6.07) is 5.11.